The van der Waals surface area contributed by atoms with Gasteiger partial charge in [0, 0.05) is 11.5 Å². The maximum Gasteiger partial charge on any atom is 0.243 e. The summed E-state index contributed by atoms with van der Waals surface area (Å²) in [5.41, 5.74) is 0.807. The first kappa shape index (κ1) is 17.7. The molecule has 0 atom stereocenters. The van der Waals surface area contributed by atoms with Crippen LogP contribution in [0.3, 0.4) is 0 Å². The van der Waals surface area contributed by atoms with E-state index in [0.717, 1.165) is 14.3 Å². The predicted molar refractivity (Wildman–Crippen MR) is 89.2 cm³/mol. The van der Waals surface area contributed by atoms with E-state index in [1.54, 1.807) is 31.2 Å². The fourth-order valence-electron chi connectivity index (χ4n) is 1.90. The summed E-state index contributed by atoms with van der Waals surface area (Å²) < 4.78 is 31.9. The summed E-state index contributed by atoms with van der Waals surface area (Å²) in [5.74, 6) is 0.203. The summed E-state index contributed by atoms with van der Waals surface area (Å²) in [4.78, 5) is 12.0. The minimum atomic E-state index is -3.72. The molecule has 6 nitrogen and oxygen atoms in total. The number of furan rings is 1. The molecule has 0 bridgehead atoms. The fourth-order valence-corrected chi connectivity index (χ4v) is 3.36. The number of likely N-dealkylation sites (N-methyl/N-ethyl adjacent to an activating group) is 1. The number of carbonyl (C=O) groups is 1. The van der Waals surface area contributed by atoms with Crippen molar-refractivity contribution < 1.29 is 17.6 Å². The van der Waals surface area contributed by atoms with Crippen LogP contribution in [0.4, 0.5) is 0 Å². The summed E-state index contributed by atoms with van der Waals surface area (Å²) in [6, 6.07) is 8.19. The molecular formula is C15H17BrN2O4S. The van der Waals surface area contributed by atoms with Crippen LogP contribution in [-0.4, -0.2) is 32.2 Å². The normalized spacial score (nSPS) is 11.7. The second kappa shape index (κ2) is 7.29. The lowest BCUT2D eigenvalue weighted by molar-refractivity contribution is -0.121. The molecule has 0 aliphatic carbocycles. The van der Waals surface area contributed by atoms with Crippen molar-refractivity contribution in [2.75, 3.05) is 13.6 Å². The average Bonchev–Trinajstić information content (AvgIpc) is 3.01. The maximum atomic E-state index is 12.5. The van der Waals surface area contributed by atoms with Crippen molar-refractivity contribution in [2.24, 2.45) is 0 Å². The Hall–Kier alpha value is -1.64. The van der Waals surface area contributed by atoms with Crippen molar-refractivity contribution in [1.82, 2.24) is 9.62 Å². The van der Waals surface area contributed by atoms with Crippen LogP contribution in [0.1, 0.15) is 11.3 Å². The van der Waals surface area contributed by atoms with Gasteiger partial charge in [0.15, 0.2) is 0 Å². The van der Waals surface area contributed by atoms with E-state index in [1.165, 1.54) is 19.4 Å². The van der Waals surface area contributed by atoms with Crippen LogP contribution in [0.15, 0.2) is 50.4 Å². The maximum absolute atomic E-state index is 12.5. The topological polar surface area (TPSA) is 79.6 Å². The number of benzene rings is 1. The number of aryl methyl sites for hydroxylation is 1. The van der Waals surface area contributed by atoms with Gasteiger partial charge in [0.05, 0.1) is 24.2 Å². The number of rotatable bonds is 6. The zero-order chi connectivity index (χ0) is 17.0. The number of hydrogen-bond acceptors (Lipinski definition) is 4. The number of sulfonamides is 1. The highest BCUT2D eigenvalue weighted by atomic mass is 79.9. The molecule has 1 N–H and O–H groups in total. The molecule has 1 amide bonds. The highest BCUT2D eigenvalue weighted by molar-refractivity contribution is 9.10. The van der Waals surface area contributed by atoms with Crippen molar-refractivity contribution in [3.8, 4) is 0 Å². The third-order valence-corrected chi connectivity index (χ3v) is 5.93. The first-order valence-electron chi connectivity index (χ1n) is 6.82. The van der Waals surface area contributed by atoms with Crippen LogP contribution in [0.25, 0.3) is 0 Å². The molecule has 0 fully saturated rings. The van der Waals surface area contributed by atoms with Gasteiger partial charge in [-0.2, -0.15) is 4.31 Å². The van der Waals surface area contributed by atoms with Gasteiger partial charge in [-0.15, -0.1) is 0 Å². The first-order chi connectivity index (χ1) is 10.8. The Morgan fingerprint density at radius 1 is 1.35 bits per heavy atom. The van der Waals surface area contributed by atoms with E-state index in [2.05, 4.69) is 21.2 Å². The molecule has 2 aromatic rings. The molecule has 1 heterocycles. The van der Waals surface area contributed by atoms with Gasteiger partial charge in [0.25, 0.3) is 0 Å². The van der Waals surface area contributed by atoms with Gasteiger partial charge in [-0.3, -0.25) is 4.79 Å². The number of hydrogen-bond donors (Lipinski definition) is 1. The quantitative estimate of drug-likeness (QED) is 0.806. The zero-order valence-electron chi connectivity index (χ0n) is 12.7. The third kappa shape index (κ3) is 4.43. The smallest absolute Gasteiger partial charge is 0.243 e. The lowest BCUT2D eigenvalue weighted by Crippen LogP contribution is -2.38. The second-order valence-corrected chi connectivity index (χ2v) is 7.93. The molecule has 2 rings (SSSR count). The molecule has 8 heteroatoms. The van der Waals surface area contributed by atoms with E-state index < -0.39 is 15.9 Å². The number of carbonyl (C=O) groups excluding carboxylic acids is 1. The third-order valence-electron chi connectivity index (χ3n) is 3.24. The summed E-state index contributed by atoms with van der Waals surface area (Å²) in [7, 11) is -2.34. The van der Waals surface area contributed by atoms with Crippen LogP contribution in [0, 0.1) is 6.92 Å². The Morgan fingerprint density at radius 3 is 2.70 bits per heavy atom. The number of nitrogens with zero attached hydrogens (tertiary/aromatic N) is 1. The molecule has 0 aliphatic rings. The Kier molecular flexibility index (Phi) is 5.61. The van der Waals surface area contributed by atoms with Crippen LogP contribution >= 0.6 is 15.9 Å². The van der Waals surface area contributed by atoms with Gasteiger partial charge in [-0.1, -0.05) is 15.9 Å². The van der Waals surface area contributed by atoms with E-state index in [-0.39, 0.29) is 18.0 Å². The largest absolute Gasteiger partial charge is 0.467 e. The molecule has 124 valence electrons. The summed E-state index contributed by atoms with van der Waals surface area (Å²) in [6.07, 6.45) is 1.51. The Labute approximate surface area is 143 Å². The Balaban J connectivity index is 2.01. The lowest BCUT2D eigenvalue weighted by Gasteiger charge is -2.17. The SMILES string of the molecule is Cc1cc(S(=O)(=O)N(C)CC(=O)NCc2ccco2)ccc1Br. The van der Waals surface area contributed by atoms with Crippen molar-refractivity contribution in [3.05, 3.63) is 52.4 Å². The van der Waals surface area contributed by atoms with Gasteiger partial charge in [0.2, 0.25) is 15.9 Å². The average molecular weight is 401 g/mol. The second-order valence-electron chi connectivity index (χ2n) is 5.03. The van der Waals surface area contributed by atoms with E-state index in [0.29, 0.717) is 5.76 Å². The fraction of sp³-hybridized carbons (Fsp3) is 0.267. The van der Waals surface area contributed by atoms with Crippen molar-refractivity contribution >= 4 is 31.9 Å². The van der Waals surface area contributed by atoms with E-state index in [1.807, 2.05) is 0 Å². The van der Waals surface area contributed by atoms with Gasteiger partial charge in [-0.25, -0.2) is 8.42 Å². The van der Waals surface area contributed by atoms with Crippen LogP contribution in [0.2, 0.25) is 0 Å². The zero-order valence-corrected chi connectivity index (χ0v) is 15.1. The van der Waals surface area contributed by atoms with Gasteiger partial charge in [0.1, 0.15) is 5.76 Å². The first-order valence-corrected chi connectivity index (χ1v) is 9.05. The molecule has 0 spiro atoms. The van der Waals surface area contributed by atoms with E-state index >= 15 is 0 Å². The number of amides is 1. The summed E-state index contributed by atoms with van der Waals surface area (Å²) in [6.45, 7) is 1.76. The molecule has 23 heavy (non-hydrogen) atoms. The molecule has 0 unspecified atom stereocenters. The van der Waals surface area contributed by atoms with Crippen molar-refractivity contribution in [2.45, 2.75) is 18.4 Å². The molecular weight excluding hydrogens is 384 g/mol. The summed E-state index contributed by atoms with van der Waals surface area (Å²) in [5, 5.41) is 2.61. The van der Waals surface area contributed by atoms with Gasteiger partial charge in [-0.05, 0) is 42.8 Å². The number of halogens is 1. The molecule has 0 radical (unpaired) electrons. The van der Waals surface area contributed by atoms with E-state index in [4.69, 9.17) is 4.42 Å². The molecule has 0 aliphatic heterocycles. The lowest BCUT2D eigenvalue weighted by atomic mass is 10.2. The van der Waals surface area contributed by atoms with Crippen molar-refractivity contribution in [3.63, 3.8) is 0 Å². The molecule has 1 aromatic carbocycles. The van der Waals surface area contributed by atoms with Crippen LogP contribution < -0.4 is 5.32 Å². The van der Waals surface area contributed by atoms with Crippen molar-refractivity contribution in [1.29, 1.82) is 0 Å². The monoisotopic (exact) mass is 400 g/mol. The van der Waals surface area contributed by atoms with Gasteiger partial charge < -0.3 is 9.73 Å². The predicted octanol–water partition coefficient (Wildman–Crippen LogP) is 2.29. The molecule has 0 saturated heterocycles. The minimum absolute atomic E-state index is 0.152. The Bertz CT molecular complexity index is 788. The van der Waals surface area contributed by atoms with Crippen LogP contribution in [-0.2, 0) is 21.4 Å². The number of nitrogens with one attached hydrogen (secondary N) is 1. The highest BCUT2D eigenvalue weighted by Crippen LogP contribution is 2.21. The summed E-state index contributed by atoms with van der Waals surface area (Å²) >= 11 is 3.33. The molecule has 1 aromatic heterocycles. The standard InChI is InChI=1S/C15H17BrN2O4S/c1-11-8-13(5-6-14(11)16)23(20,21)18(2)10-15(19)17-9-12-4-3-7-22-12/h3-8H,9-10H2,1-2H3,(H,17,19). The molecule has 0 saturated carbocycles. The highest BCUT2D eigenvalue weighted by Gasteiger charge is 2.23. The minimum Gasteiger partial charge on any atom is -0.467 e. The Morgan fingerprint density at radius 2 is 2.09 bits per heavy atom. The van der Waals surface area contributed by atoms with E-state index in [9.17, 15) is 13.2 Å². The van der Waals surface area contributed by atoms with Gasteiger partial charge >= 0.3 is 0 Å². The van der Waals surface area contributed by atoms with Crippen LogP contribution in [0.5, 0.6) is 0 Å².